The van der Waals surface area contributed by atoms with Crippen LogP contribution in [0.3, 0.4) is 0 Å². The van der Waals surface area contributed by atoms with Gasteiger partial charge >= 0.3 is 0 Å². The average molecular weight is 319 g/mol. The molecule has 2 N–H and O–H groups in total. The molecule has 2 heterocycles. The Hall–Kier alpha value is -0.650. The van der Waals surface area contributed by atoms with Crippen LogP contribution in [-0.2, 0) is 11.3 Å². The Labute approximate surface area is 113 Å². The van der Waals surface area contributed by atoms with Crippen molar-refractivity contribution in [2.45, 2.75) is 25.4 Å². The van der Waals surface area contributed by atoms with Gasteiger partial charge in [0.15, 0.2) is 0 Å². The first-order chi connectivity index (χ1) is 8.15. The number of carbonyl (C=O) groups excluding carboxylic acids is 1. The van der Waals surface area contributed by atoms with Crippen LogP contribution >= 0.6 is 27.5 Å². The normalized spacial score (nSPS) is 19.4. The molecule has 1 aromatic rings. The molecule has 1 aromatic heterocycles. The molecule has 0 spiro atoms. The van der Waals surface area contributed by atoms with Crippen molar-refractivity contribution < 1.29 is 4.79 Å². The van der Waals surface area contributed by atoms with Crippen molar-refractivity contribution >= 4 is 33.4 Å². The number of halogens is 2. The van der Waals surface area contributed by atoms with Gasteiger partial charge in [-0.3, -0.25) is 4.79 Å². The molecule has 0 saturated carbocycles. The third kappa shape index (κ3) is 3.66. The van der Waals surface area contributed by atoms with E-state index in [1.807, 2.05) is 12.1 Å². The number of nitrogens with one attached hydrogen (secondary N) is 2. The highest BCUT2D eigenvalue weighted by Crippen LogP contribution is 2.16. The lowest BCUT2D eigenvalue weighted by atomic mass is 10.2. The number of amides is 1. The minimum Gasteiger partial charge on any atom is -0.352 e. The van der Waals surface area contributed by atoms with Crippen LogP contribution < -0.4 is 10.6 Å². The lowest BCUT2D eigenvalue weighted by molar-refractivity contribution is -0.119. The van der Waals surface area contributed by atoms with Gasteiger partial charge in [0.05, 0.1) is 0 Å². The fourth-order valence-electron chi connectivity index (χ4n) is 1.78. The first kappa shape index (κ1) is 12.8. The van der Waals surface area contributed by atoms with E-state index in [9.17, 15) is 4.79 Å². The number of aromatic nitrogens is 1. The molecule has 1 fully saturated rings. The molecule has 1 atom stereocenters. The van der Waals surface area contributed by atoms with Crippen LogP contribution in [0.2, 0.25) is 5.15 Å². The van der Waals surface area contributed by atoms with Gasteiger partial charge < -0.3 is 10.6 Å². The van der Waals surface area contributed by atoms with E-state index in [1.165, 1.54) is 0 Å². The van der Waals surface area contributed by atoms with Crippen molar-refractivity contribution in [3.05, 3.63) is 27.5 Å². The lowest BCUT2D eigenvalue weighted by Crippen LogP contribution is -2.35. The van der Waals surface area contributed by atoms with E-state index in [0.29, 0.717) is 18.1 Å². The Balaban J connectivity index is 1.80. The minimum absolute atomic E-state index is 0.139. The van der Waals surface area contributed by atoms with Crippen LogP contribution in [0.4, 0.5) is 0 Å². The first-order valence-corrected chi connectivity index (χ1v) is 6.63. The summed E-state index contributed by atoms with van der Waals surface area (Å²) < 4.78 is 0.731. The van der Waals surface area contributed by atoms with E-state index in [4.69, 9.17) is 11.6 Å². The van der Waals surface area contributed by atoms with Crippen molar-refractivity contribution in [2.24, 2.45) is 0 Å². The van der Waals surface area contributed by atoms with Gasteiger partial charge in [-0.1, -0.05) is 17.7 Å². The van der Waals surface area contributed by atoms with Crippen LogP contribution in [0.25, 0.3) is 0 Å². The Morgan fingerprint density at radius 2 is 2.41 bits per heavy atom. The molecule has 0 bridgehead atoms. The maximum Gasteiger partial charge on any atom is 0.220 e. The number of pyridine rings is 1. The van der Waals surface area contributed by atoms with E-state index in [-0.39, 0.29) is 11.9 Å². The van der Waals surface area contributed by atoms with Crippen LogP contribution in [-0.4, -0.2) is 23.5 Å². The van der Waals surface area contributed by atoms with Gasteiger partial charge in [-0.2, -0.15) is 0 Å². The van der Waals surface area contributed by atoms with Crippen molar-refractivity contribution in [2.75, 3.05) is 6.54 Å². The van der Waals surface area contributed by atoms with Crippen LogP contribution in [0.15, 0.2) is 16.7 Å². The van der Waals surface area contributed by atoms with Crippen molar-refractivity contribution in [3.63, 3.8) is 0 Å². The van der Waals surface area contributed by atoms with Crippen molar-refractivity contribution in [1.29, 1.82) is 0 Å². The molecule has 92 valence electrons. The summed E-state index contributed by atoms with van der Waals surface area (Å²) in [6, 6.07) is 4.03. The highest BCUT2D eigenvalue weighted by molar-refractivity contribution is 9.10. The summed E-state index contributed by atoms with van der Waals surface area (Å²) in [6.07, 6.45) is 1.53. The van der Waals surface area contributed by atoms with E-state index in [0.717, 1.165) is 23.1 Å². The fourth-order valence-corrected chi connectivity index (χ4v) is 2.42. The summed E-state index contributed by atoms with van der Waals surface area (Å²) in [5, 5.41) is 6.68. The second-order valence-electron chi connectivity index (χ2n) is 4.02. The molecule has 1 aliphatic heterocycles. The summed E-state index contributed by atoms with van der Waals surface area (Å²) in [5.74, 6) is 0.139. The molecule has 1 aliphatic rings. The van der Waals surface area contributed by atoms with Crippen LogP contribution in [0, 0.1) is 0 Å². The number of carbonyl (C=O) groups is 1. The van der Waals surface area contributed by atoms with Gasteiger partial charge in [0.25, 0.3) is 0 Å². The van der Waals surface area contributed by atoms with E-state index in [2.05, 4.69) is 31.5 Å². The smallest absolute Gasteiger partial charge is 0.220 e. The average Bonchev–Trinajstić information content (AvgIpc) is 2.68. The summed E-state index contributed by atoms with van der Waals surface area (Å²) in [7, 11) is 0. The van der Waals surface area contributed by atoms with Gasteiger partial charge in [0.1, 0.15) is 9.76 Å². The molecule has 4 nitrogen and oxygen atoms in total. The van der Waals surface area contributed by atoms with Gasteiger partial charge in [0.2, 0.25) is 5.91 Å². The molecule has 0 radical (unpaired) electrons. The zero-order valence-corrected chi connectivity index (χ0v) is 11.5. The topological polar surface area (TPSA) is 54.0 Å². The zero-order valence-electron chi connectivity index (χ0n) is 9.17. The molecule has 1 saturated heterocycles. The van der Waals surface area contributed by atoms with Gasteiger partial charge in [-0.05, 0) is 28.4 Å². The third-order valence-corrected chi connectivity index (χ3v) is 3.45. The van der Waals surface area contributed by atoms with Crippen LogP contribution in [0.5, 0.6) is 0 Å². The lowest BCUT2D eigenvalue weighted by Gasteiger charge is -2.11. The first-order valence-electron chi connectivity index (χ1n) is 5.46. The number of nitrogens with zero attached hydrogens (tertiary/aromatic N) is 1. The molecule has 6 heteroatoms. The quantitative estimate of drug-likeness (QED) is 0.833. The van der Waals surface area contributed by atoms with Gasteiger partial charge in [-0.15, -0.1) is 0 Å². The van der Waals surface area contributed by atoms with Crippen molar-refractivity contribution in [3.8, 4) is 0 Å². The van der Waals surface area contributed by atoms with E-state index >= 15 is 0 Å². The number of rotatable bonds is 4. The molecular weight excluding hydrogens is 305 g/mol. The SMILES string of the molecule is O=C1CC[C@@H](CNCc2ccc(Br)nc2Cl)N1. The summed E-state index contributed by atoms with van der Waals surface area (Å²) in [4.78, 5) is 15.1. The second-order valence-corrected chi connectivity index (χ2v) is 5.19. The number of hydrogen-bond donors (Lipinski definition) is 2. The molecule has 0 aromatic carbocycles. The highest BCUT2D eigenvalue weighted by Gasteiger charge is 2.19. The Morgan fingerprint density at radius 3 is 3.06 bits per heavy atom. The summed E-state index contributed by atoms with van der Waals surface area (Å²) in [6.45, 7) is 1.42. The molecule has 0 unspecified atom stereocenters. The standard InChI is InChI=1S/C11H13BrClN3O/c12-9-3-1-7(11(13)16-9)5-14-6-8-2-4-10(17)15-8/h1,3,8,14H,2,4-6H2,(H,15,17)/t8-/m0/s1. The Morgan fingerprint density at radius 1 is 1.59 bits per heavy atom. The predicted molar refractivity (Wildman–Crippen MR) is 69.8 cm³/mol. The predicted octanol–water partition coefficient (Wildman–Crippen LogP) is 1.87. The Kier molecular flexibility index (Phi) is 4.36. The molecule has 2 rings (SSSR count). The second kappa shape index (κ2) is 5.80. The molecule has 17 heavy (non-hydrogen) atoms. The minimum atomic E-state index is 0.139. The third-order valence-electron chi connectivity index (χ3n) is 2.68. The maximum absolute atomic E-state index is 11.0. The van der Waals surface area contributed by atoms with Gasteiger partial charge in [0, 0.05) is 31.1 Å². The van der Waals surface area contributed by atoms with E-state index < -0.39 is 0 Å². The molecular formula is C11H13BrClN3O. The number of hydrogen-bond acceptors (Lipinski definition) is 3. The largest absolute Gasteiger partial charge is 0.352 e. The van der Waals surface area contributed by atoms with Crippen LogP contribution in [0.1, 0.15) is 18.4 Å². The highest BCUT2D eigenvalue weighted by atomic mass is 79.9. The summed E-state index contributed by atoms with van der Waals surface area (Å²) in [5.41, 5.74) is 0.958. The maximum atomic E-state index is 11.0. The summed E-state index contributed by atoms with van der Waals surface area (Å²) >= 11 is 9.26. The Bertz CT molecular complexity index is 427. The van der Waals surface area contributed by atoms with E-state index in [1.54, 1.807) is 0 Å². The van der Waals surface area contributed by atoms with Gasteiger partial charge in [-0.25, -0.2) is 4.98 Å². The monoisotopic (exact) mass is 317 g/mol. The fraction of sp³-hybridized carbons (Fsp3) is 0.455. The molecule has 0 aliphatic carbocycles. The zero-order chi connectivity index (χ0) is 12.3. The molecule has 1 amide bonds. The van der Waals surface area contributed by atoms with Crippen molar-refractivity contribution in [1.82, 2.24) is 15.6 Å².